The third-order valence-electron chi connectivity index (χ3n) is 3.26. The van der Waals surface area contributed by atoms with Crippen LogP contribution in [-0.4, -0.2) is 33.7 Å². The summed E-state index contributed by atoms with van der Waals surface area (Å²) in [5.74, 6) is 0.575. The van der Waals surface area contributed by atoms with Gasteiger partial charge in [-0.3, -0.25) is 4.72 Å². The maximum atomic E-state index is 12.5. The molecule has 0 spiro atoms. The molecule has 1 heterocycles. The molecule has 3 rings (SSSR count). The zero-order chi connectivity index (χ0) is 17.9. The Balaban J connectivity index is 1.76. The first-order chi connectivity index (χ1) is 12.0. The molecule has 132 valence electrons. The van der Waals surface area contributed by atoms with E-state index >= 15 is 0 Å². The molecule has 0 radical (unpaired) electrons. The molecular weight excluding hydrogens is 384 g/mol. The van der Waals surface area contributed by atoms with Crippen LogP contribution in [0.4, 0.5) is 5.13 Å². The molecule has 0 fully saturated rings. The molecular formula is C16H15ClN2O4S2. The van der Waals surface area contributed by atoms with Crippen molar-refractivity contribution in [3.63, 3.8) is 0 Å². The number of nitrogens with zero attached hydrogens (tertiary/aromatic N) is 1. The Morgan fingerprint density at radius 2 is 1.92 bits per heavy atom. The Morgan fingerprint density at radius 3 is 2.64 bits per heavy atom. The number of methoxy groups -OCH3 is 1. The highest BCUT2D eigenvalue weighted by atomic mass is 35.5. The van der Waals surface area contributed by atoms with E-state index in [4.69, 9.17) is 21.1 Å². The maximum absolute atomic E-state index is 12.5. The molecule has 0 bridgehead atoms. The van der Waals surface area contributed by atoms with E-state index in [9.17, 15) is 8.42 Å². The molecule has 1 aromatic heterocycles. The van der Waals surface area contributed by atoms with Crippen molar-refractivity contribution in [2.24, 2.45) is 0 Å². The third-order valence-corrected chi connectivity index (χ3v) is 5.92. The monoisotopic (exact) mass is 398 g/mol. The zero-order valence-corrected chi connectivity index (χ0v) is 15.6. The van der Waals surface area contributed by atoms with Gasteiger partial charge >= 0.3 is 0 Å². The number of benzene rings is 2. The fourth-order valence-electron chi connectivity index (χ4n) is 2.07. The Kier molecular flexibility index (Phi) is 5.43. The number of anilines is 1. The van der Waals surface area contributed by atoms with Gasteiger partial charge in [-0.05, 0) is 42.5 Å². The van der Waals surface area contributed by atoms with Crippen LogP contribution in [0.3, 0.4) is 0 Å². The zero-order valence-electron chi connectivity index (χ0n) is 13.2. The van der Waals surface area contributed by atoms with E-state index in [1.54, 1.807) is 37.4 Å². The molecule has 6 nitrogen and oxygen atoms in total. The number of thiazole rings is 1. The van der Waals surface area contributed by atoms with Crippen molar-refractivity contribution in [1.29, 1.82) is 0 Å². The average Bonchev–Trinajstić information content (AvgIpc) is 2.96. The van der Waals surface area contributed by atoms with Gasteiger partial charge < -0.3 is 9.47 Å². The number of ether oxygens (including phenoxy) is 2. The quantitative estimate of drug-likeness (QED) is 0.613. The first-order valence-electron chi connectivity index (χ1n) is 7.29. The molecule has 0 atom stereocenters. The predicted molar refractivity (Wildman–Crippen MR) is 99.3 cm³/mol. The minimum absolute atomic E-state index is 0.129. The summed E-state index contributed by atoms with van der Waals surface area (Å²) in [5.41, 5.74) is 0.689. The highest BCUT2D eigenvalue weighted by molar-refractivity contribution is 7.93. The van der Waals surface area contributed by atoms with E-state index in [1.165, 1.54) is 23.5 Å². The lowest BCUT2D eigenvalue weighted by molar-refractivity contribution is 0.146. The molecule has 25 heavy (non-hydrogen) atoms. The van der Waals surface area contributed by atoms with Crippen molar-refractivity contribution in [3.05, 3.63) is 47.5 Å². The van der Waals surface area contributed by atoms with Gasteiger partial charge in [0.15, 0.2) is 5.13 Å². The third kappa shape index (κ3) is 4.40. The lowest BCUT2D eigenvalue weighted by atomic mass is 10.3. The van der Waals surface area contributed by atoms with Crippen LogP contribution in [0.15, 0.2) is 47.4 Å². The number of sulfonamides is 1. The number of hydrogen-bond acceptors (Lipinski definition) is 6. The molecule has 0 unspecified atom stereocenters. The van der Waals surface area contributed by atoms with Gasteiger partial charge in [0.1, 0.15) is 12.4 Å². The maximum Gasteiger partial charge on any atom is 0.263 e. The summed E-state index contributed by atoms with van der Waals surface area (Å²) >= 11 is 7.16. The standard InChI is InChI=1S/C16H15ClN2O4S2/c1-22-8-9-23-12-3-5-13(6-4-12)25(20,21)19-16-18-14-7-2-11(17)10-15(14)24-16/h2-7,10H,8-9H2,1H3,(H,18,19). The van der Waals surface area contributed by atoms with Crippen LogP contribution >= 0.6 is 22.9 Å². The van der Waals surface area contributed by atoms with Crippen LogP contribution in [0, 0.1) is 0 Å². The van der Waals surface area contributed by atoms with Crippen molar-refractivity contribution in [2.75, 3.05) is 25.0 Å². The Hall–Kier alpha value is -1.87. The SMILES string of the molecule is COCCOc1ccc(S(=O)(=O)Nc2nc3ccc(Cl)cc3s2)cc1. The second-order valence-corrected chi connectivity index (χ2v) is 8.20. The Morgan fingerprint density at radius 1 is 1.16 bits per heavy atom. The summed E-state index contributed by atoms with van der Waals surface area (Å²) in [4.78, 5) is 4.39. The van der Waals surface area contributed by atoms with Crippen molar-refractivity contribution in [3.8, 4) is 5.75 Å². The van der Waals surface area contributed by atoms with Crippen LogP contribution in [-0.2, 0) is 14.8 Å². The van der Waals surface area contributed by atoms with E-state index in [0.29, 0.717) is 29.5 Å². The van der Waals surface area contributed by atoms with Crippen molar-refractivity contribution < 1.29 is 17.9 Å². The molecule has 0 aliphatic rings. The molecule has 0 aliphatic carbocycles. The van der Waals surface area contributed by atoms with E-state index in [2.05, 4.69) is 9.71 Å². The lowest BCUT2D eigenvalue weighted by Crippen LogP contribution is -2.12. The van der Waals surface area contributed by atoms with Gasteiger partial charge in [-0.1, -0.05) is 22.9 Å². The normalized spacial score (nSPS) is 11.6. The van der Waals surface area contributed by atoms with Crippen LogP contribution < -0.4 is 9.46 Å². The number of aromatic nitrogens is 1. The molecule has 9 heteroatoms. The second kappa shape index (κ2) is 7.57. The van der Waals surface area contributed by atoms with Gasteiger partial charge in [-0.15, -0.1) is 0 Å². The topological polar surface area (TPSA) is 77.5 Å². The van der Waals surface area contributed by atoms with E-state index in [0.717, 1.165) is 4.70 Å². The van der Waals surface area contributed by atoms with Gasteiger partial charge in [0.25, 0.3) is 10.0 Å². The number of hydrogen-bond donors (Lipinski definition) is 1. The smallest absolute Gasteiger partial charge is 0.263 e. The summed E-state index contributed by atoms with van der Waals surface area (Å²) in [5, 5.41) is 0.868. The summed E-state index contributed by atoms with van der Waals surface area (Å²) < 4.78 is 38.6. The van der Waals surface area contributed by atoms with E-state index < -0.39 is 10.0 Å². The van der Waals surface area contributed by atoms with Crippen LogP contribution in [0.25, 0.3) is 10.2 Å². The summed E-state index contributed by atoms with van der Waals surface area (Å²) in [6, 6.07) is 11.4. The van der Waals surface area contributed by atoms with Gasteiger partial charge in [0.2, 0.25) is 0 Å². The Bertz CT molecular complexity index is 971. The molecule has 0 amide bonds. The largest absolute Gasteiger partial charge is 0.491 e. The summed E-state index contributed by atoms with van der Waals surface area (Å²) in [6.45, 7) is 0.859. The first kappa shape index (κ1) is 17.9. The first-order valence-corrected chi connectivity index (χ1v) is 9.96. The van der Waals surface area contributed by atoms with Crippen LogP contribution in [0.1, 0.15) is 0 Å². The fraction of sp³-hybridized carbons (Fsp3) is 0.188. The number of fused-ring (bicyclic) bond motifs is 1. The number of nitrogens with one attached hydrogen (secondary N) is 1. The van der Waals surface area contributed by atoms with Gasteiger partial charge in [0, 0.05) is 12.1 Å². The van der Waals surface area contributed by atoms with Crippen molar-refractivity contribution in [1.82, 2.24) is 4.98 Å². The highest BCUT2D eigenvalue weighted by Crippen LogP contribution is 2.30. The molecule has 0 aliphatic heterocycles. The second-order valence-electron chi connectivity index (χ2n) is 5.05. The van der Waals surface area contributed by atoms with E-state index in [1.807, 2.05) is 0 Å². The highest BCUT2D eigenvalue weighted by Gasteiger charge is 2.17. The molecule has 0 saturated heterocycles. The predicted octanol–water partition coefficient (Wildman–Crippen LogP) is 3.78. The number of halogens is 1. The van der Waals surface area contributed by atoms with Crippen LogP contribution in [0.2, 0.25) is 5.02 Å². The van der Waals surface area contributed by atoms with Gasteiger partial charge in [-0.2, -0.15) is 0 Å². The van der Waals surface area contributed by atoms with Crippen molar-refractivity contribution >= 4 is 48.3 Å². The fourth-order valence-corrected chi connectivity index (χ4v) is 4.45. The van der Waals surface area contributed by atoms with E-state index in [-0.39, 0.29) is 10.0 Å². The minimum atomic E-state index is -3.73. The average molecular weight is 399 g/mol. The molecule has 1 N–H and O–H groups in total. The summed E-state index contributed by atoms with van der Waals surface area (Å²) in [6.07, 6.45) is 0. The van der Waals surface area contributed by atoms with Gasteiger partial charge in [0.05, 0.1) is 21.7 Å². The molecule has 3 aromatic rings. The Labute approximate surface area is 154 Å². The number of rotatable bonds is 7. The van der Waals surface area contributed by atoms with Crippen molar-refractivity contribution in [2.45, 2.75) is 4.90 Å². The molecule has 2 aromatic carbocycles. The lowest BCUT2D eigenvalue weighted by Gasteiger charge is -2.08. The molecule has 0 saturated carbocycles. The summed E-state index contributed by atoms with van der Waals surface area (Å²) in [7, 11) is -2.14. The van der Waals surface area contributed by atoms with Gasteiger partial charge in [-0.25, -0.2) is 13.4 Å². The van der Waals surface area contributed by atoms with Crippen LogP contribution in [0.5, 0.6) is 5.75 Å². The minimum Gasteiger partial charge on any atom is -0.491 e.